The molecule has 0 aromatic heterocycles. The third-order valence-corrected chi connectivity index (χ3v) is 3.44. The third-order valence-electron chi connectivity index (χ3n) is 3.44. The Kier molecular flexibility index (Phi) is 3.83. The molecule has 0 aliphatic carbocycles. The van der Waals surface area contributed by atoms with E-state index in [9.17, 15) is 9.59 Å². The van der Waals surface area contributed by atoms with Crippen molar-refractivity contribution in [2.45, 2.75) is 25.3 Å². The van der Waals surface area contributed by atoms with Crippen molar-refractivity contribution < 1.29 is 19.4 Å². The minimum atomic E-state index is -0.868. The molecular formula is C11H18N2O4. The quantitative estimate of drug-likeness (QED) is 0.742. The average Bonchev–Trinajstić information content (AvgIpc) is 2.69. The van der Waals surface area contributed by atoms with Gasteiger partial charge in [-0.15, -0.1) is 0 Å². The Morgan fingerprint density at radius 1 is 1.47 bits per heavy atom. The maximum absolute atomic E-state index is 11.6. The molecule has 2 N–H and O–H groups in total. The summed E-state index contributed by atoms with van der Waals surface area (Å²) in [6, 6.07) is 0.0166. The van der Waals surface area contributed by atoms with Gasteiger partial charge in [-0.25, -0.2) is 4.79 Å². The molecule has 2 aliphatic heterocycles. The first-order valence-corrected chi connectivity index (χ1v) is 6.02. The zero-order valence-corrected chi connectivity index (χ0v) is 9.72. The molecule has 2 saturated heterocycles. The van der Waals surface area contributed by atoms with Crippen LogP contribution < -0.4 is 5.32 Å². The number of amides is 2. The van der Waals surface area contributed by atoms with Gasteiger partial charge in [0.1, 0.15) is 0 Å². The van der Waals surface area contributed by atoms with Crippen LogP contribution in [0.25, 0.3) is 0 Å². The molecule has 2 fully saturated rings. The van der Waals surface area contributed by atoms with Crippen molar-refractivity contribution in [3.8, 4) is 0 Å². The average molecular weight is 242 g/mol. The van der Waals surface area contributed by atoms with E-state index in [0.29, 0.717) is 19.0 Å². The lowest BCUT2D eigenvalue weighted by molar-refractivity contribution is -0.137. The smallest absolute Gasteiger partial charge is 0.317 e. The first-order valence-electron chi connectivity index (χ1n) is 6.02. The van der Waals surface area contributed by atoms with E-state index in [2.05, 4.69) is 5.32 Å². The van der Waals surface area contributed by atoms with E-state index in [0.717, 1.165) is 26.1 Å². The number of nitrogens with one attached hydrogen (secondary N) is 1. The fraction of sp³-hybridized carbons (Fsp3) is 0.818. The zero-order chi connectivity index (χ0) is 12.3. The number of urea groups is 1. The molecule has 0 spiro atoms. The van der Waals surface area contributed by atoms with Crippen LogP contribution in [0.3, 0.4) is 0 Å². The van der Waals surface area contributed by atoms with Crippen LogP contribution in [-0.2, 0) is 9.53 Å². The van der Waals surface area contributed by atoms with Crippen LogP contribution in [0.4, 0.5) is 4.79 Å². The molecule has 6 nitrogen and oxygen atoms in total. The molecule has 2 amide bonds. The molecule has 96 valence electrons. The monoisotopic (exact) mass is 242 g/mol. The Morgan fingerprint density at radius 2 is 2.18 bits per heavy atom. The summed E-state index contributed by atoms with van der Waals surface area (Å²) in [4.78, 5) is 23.7. The van der Waals surface area contributed by atoms with E-state index >= 15 is 0 Å². The lowest BCUT2D eigenvalue weighted by Crippen LogP contribution is -2.37. The molecule has 0 saturated carbocycles. The second-order valence-corrected chi connectivity index (χ2v) is 4.60. The Labute approximate surface area is 99.9 Å². The number of carboxylic acids is 1. The molecule has 0 radical (unpaired) electrons. The lowest BCUT2D eigenvalue weighted by Gasteiger charge is -2.26. The summed E-state index contributed by atoms with van der Waals surface area (Å²) in [6.45, 7) is 2.43. The van der Waals surface area contributed by atoms with Crippen molar-refractivity contribution in [1.82, 2.24) is 10.2 Å². The number of hydrogen-bond acceptors (Lipinski definition) is 3. The number of carbonyl (C=O) groups excluding carboxylic acids is 1. The molecule has 6 heteroatoms. The second kappa shape index (κ2) is 5.35. The van der Waals surface area contributed by atoms with Crippen LogP contribution in [0, 0.1) is 5.92 Å². The number of ether oxygens (including phenoxy) is 1. The highest BCUT2D eigenvalue weighted by Crippen LogP contribution is 2.22. The Bertz CT molecular complexity index is 302. The molecule has 1 unspecified atom stereocenters. The third kappa shape index (κ3) is 3.09. The first kappa shape index (κ1) is 12.2. The van der Waals surface area contributed by atoms with Crippen molar-refractivity contribution in [3.05, 3.63) is 0 Å². The SMILES string of the molecule is O=C(O)CCN1CC(C2CCOCC2)NC1=O. The molecule has 17 heavy (non-hydrogen) atoms. The van der Waals surface area contributed by atoms with E-state index in [1.807, 2.05) is 0 Å². The number of rotatable bonds is 4. The van der Waals surface area contributed by atoms with E-state index in [1.165, 1.54) is 0 Å². The maximum Gasteiger partial charge on any atom is 0.317 e. The summed E-state index contributed by atoms with van der Waals surface area (Å²) in [5.74, 6) is -0.408. The van der Waals surface area contributed by atoms with E-state index < -0.39 is 5.97 Å². The fourth-order valence-corrected chi connectivity index (χ4v) is 2.42. The minimum Gasteiger partial charge on any atom is -0.481 e. The number of nitrogens with zero attached hydrogens (tertiary/aromatic N) is 1. The topological polar surface area (TPSA) is 78.9 Å². The van der Waals surface area contributed by atoms with Gasteiger partial charge in [0.2, 0.25) is 0 Å². The van der Waals surface area contributed by atoms with E-state index in [4.69, 9.17) is 9.84 Å². The van der Waals surface area contributed by atoms with Crippen LogP contribution in [0.5, 0.6) is 0 Å². The van der Waals surface area contributed by atoms with Crippen LogP contribution in [0.1, 0.15) is 19.3 Å². The van der Waals surface area contributed by atoms with Gasteiger partial charge in [0, 0.05) is 26.3 Å². The molecule has 2 rings (SSSR count). The van der Waals surface area contributed by atoms with Gasteiger partial charge in [-0.1, -0.05) is 0 Å². The molecule has 2 aliphatic rings. The zero-order valence-electron chi connectivity index (χ0n) is 9.72. The number of aliphatic carboxylic acids is 1. The van der Waals surface area contributed by atoms with Gasteiger partial charge >= 0.3 is 12.0 Å². The lowest BCUT2D eigenvalue weighted by atomic mass is 9.92. The summed E-state index contributed by atoms with van der Waals surface area (Å²) in [5.41, 5.74) is 0. The number of hydrogen-bond donors (Lipinski definition) is 2. The van der Waals surface area contributed by atoms with Crippen LogP contribution in [-0.4, -0.2) is 54.4 Å². The van der Waals surface area contributed by atoms with Crippen LogP contribution >= 0.6 is 0 Å². The maximum atomic E-state index is 11.6. The minimum absolute atomic E-state index is 0.00785. The van der Waals surface area contributed by atoms with Gasteiger partial charge < -0.3 is 20.1 Å². The standard InChI is InChI=1S/C11H18N2O4/c14-10(15)1-4-13-7-9(12-11(13)16)8-2-5-17-6-3-8/h8-9H,1-7H2,(H,12,16)(H,14,15). The van der Waals surface area contributed by atoms with Gasteiger partial charge in [0.05, 0.1) is 12.5 Å². The number of carbonyl (C=O) groups is 2. The largest absolute Gasteiger partial charge is 0.481 e. The second-order valence-electron chi connectivity index (χ2n) is 4.60. The fourth-order valence-electron chi connectivity index (χ4n) is 2.42. The summed E-state index contributed by atoms with van der Waals surface area (Å²) >= 11 is 0. The molecule has 1 atom stereocenters. The Hall–Kier alpha value is -1.30. The molecule has 2 heterocycles. The highest BCUT2D eigenvalue weighted by molar-refractivity contribution is 5.77. The first-order chi connectivity index (χ1) is 8.16. The highest BCUT2D eigenvalue weighted by atomic mass is 16.5. The van der Waals surface area contributed by atoms with Crippen LogP contribution in [0.2, 0.25) is 0 Å². The Balaban J connectivity index is 1.83. The predicted molar refractivity (Wildman–Crippen MR) is 59.7 cm³/mol. The van der Waals surface area contributed by atoms with Gasteiger partial charge in [-0.2, -0.15) is 0 Å². The molecule has 0 aromatic carbocycles. The van der Waals surface area contributed by atoms with E-state index in [1.54, 1.807) is 4.90 Å². The van der Waals surface area contributed by atoms with Crippen molar-refractivity contribution in [2.24, 2.45) is 5.92 Å². The van der Waals surface area contributed by atoms with Gasteiger partial charge in [0.25, 0.3) is 0 Å². The molecular weight excluding hydrogens is 224 g/mol. The van der Waals surface area contributed by atoms with Crippen molar-refractivity contribution >= 4 is 12.0 Å². The van der Waals surface area contributed by atoms with Gasteiger partial charge in [0.15, 0.2) is 0 Å². The van der Waals surface area contributed by atoms with Crippen molar-refractivity contribution in [1.29, 1.82) is 0 Å². The van der Waals surface area contributed by atoms with E-state index in [-0.39, 0.29) is 18.5 Å². The summed E-state index contributed by atoms with van der Waals surface area (Å²) in [6.07, 6.45) is 1.95. The van der Waals surface area contributed by atoms with Crippen LogP contribution in [0.15, 0.2) is 0 Å². The van der Waals surface area contributed by atoms with Crippen molar-refractivity contribution in [2.75, 3.05) is 26.3 Å². The Morgan fingerprint density at radius 3 is 2.82 bits per heavy atom. The molecule has 0 aromatic rings. The number of carboxylic acid groups (broad SMARTS) is 1. The summed E-state index contributed by atoms with van der Waals surface area (Å²) in [7, 11) is 0. The van der Waals surface area contributed by atoms with Gasteiger partial charge in [-0.3, -0.25) is 4.79 Å². The summed E-state index contributed by atoms with van der Waals surface area (Å²) < 4.78 is 5.29. The normalized spacial score (nSPS) is 26.0. The molecule has 0 bridgehead atoms. The predicted octanol–water partition coefficient (Wildman–Crippen LogP) is 0.281. The summed E-state index contributed by atoms with van der Waals surface area (Å²) in [5, 5.41) is 11.5. The highest BCUT2D eigenvalue weighted by Gasteiger charge is 2.34. The van der Waals surface area contributed by atoms with Crippen molar-refractivity contribution in [3.63, 3.8) is 0 Å². The van der Waals surface area contributed by atoms with Gasteiger partial charge in [-0.05, 0) is 18.8 Å².